The van der Waals surface area contributed by atoms with Gasteiger partial charge < -0.3 is 5.11 Å². The van der Waals surface area contributed by atoms with Crippen LogP contribution in [0.1, 0.15) is 33.1 Å². The molecule has 13 heavy (non-hydrogen) atoms. The lowest BCUT2D eigenvalue weighted by Crippen LogP contribution is -2.35. The molecule has 1 unspecified atom stereocenters. The quantitative estimate of drug-likeness (QED) is 0.764. The van der Waals surface area contributed by atoms with E-state index in [1.54, 1.807) is 0 Å². The molecule has 1 aliphatic rings. The summed E-state index contributed by atoms with van der Waals surface area (Å²) in [6, 6.07) is 0. The van der Waals surface area contributed by atoms with Crippen molar-refractivity contribution in [3.63, 3.8) is 0 Å². The highest BCUT2D eigenvalue weighted by Crippen LogP contribution is 2.43. The minimum Gasteiger partial charge on any atom is -0.481 e. The third-order valence-corrected chi connectivity index (χ3v) is 4.44. The lowest BCUT2D eigenvalue weighted by Gasteiger charge is -2.39. The number of aliphatic carboxylic acids is 1. The molecule has 1 atom stereocenters. The van der Waals surface area contributed by atoms with Crippen molar-refractivity contribution in [2.24, 2.45) is 11.3 Å². The lowest BCUT2D eigenvalue weighted by molar-refractivity contribution is -0.140. The van der Waals surface area contributed by atoms with E-state index in [0.717, 1.165) is 12.2 Å². The molecule has 2 nitrogen and oxygen atoms in total. The number of hydrogen-bond acceptors (Lipinski definition) is 2. The van der Waals surface area contributed by atoms with Gasteiger partial charge in [0.25, 0.3) is 0 Å². The van der Waals surface area contributed by atoms with Gasteiger partial charge in [0.2, 0.25) is 0 Å². The highest BCUT2D eigenvalue weighted by Gasteiger charge is 2.37. The van der Waals surface area contributed by atoms with Crippen LogP contribution in [0.2, 0.25) is 0 Å². The fourth-order valence-corrected chi connectivity index (χ4v) is 3.45. The number of hydrogen-bond donors (Lipinski definition) is 1. The average molecular weight is 202 g/mol. The fraction of sp³-hybridized carbons (Fsp3) is 0.900. The molecule has 1 saturated heterocycles. The first-order valence-corrected chi connectivity index (χ1v) is 6.02. The molecule has 0 spiro atoms. The van der Waals surface area contributed by atoms with Crippen molar-refractivity contribution in [3.05, 3.63) is 0 Å². The maximum Gasteiger partial charge on any atom is 0.303 e. The fourth-order valence-electron chi connectivity index (χ4n) is 1.97. The van der Waals surface area contributed by atoms with Crippen molar-refractivity contribution in [1.29, 1.82) is 0 Å². The summed E-state index contributed by atoms with van der Waals surface area (Å²) in [5, 5.41) is 8.87. The molecule has 0 saturated carbocycles. The van der Waals surface area contributed by atoms with Crippen molar-refractivity contribution >= 4 is 17.7 Å². The Hall–Kier alpha value is -0.180. The number of carbonyl (C=O) groups is 1. The van der Waals surface area contributed by atoms with Crippen LogP contribution in [0, 0.1) is 11.3 Å². The van der Waals surface area contributed by atoms with Crippen LogP contribution < -0.4 is 0 Å². The van der Waals surface area contributed by atoms with E-state index in [9.17, 15) is 4.79 Å². The highest BCUT2D eigenvalue weighted by atomic mass is 32.2. The van der Waals surface area contributed by atoms with Crippen LogP contribution in [0.25, 0.3) is 0 Å². The van der Waals surface area contributed by atoms with Gasteiger partial charge in [-0.3, -0.25) is 4.79 Å². The predicted octanol–water partition coefficient (Wildman–Crippen LogP) is 2.63. The first kappa shape index (κ1) is 10.9. The summed E-state index contributed by atoms with van der Waals surface area (Å²) in [6.45, 7) is 4.30. The molecule has 0 aromatic carbocycles. The Labute approximate surface area is 84.1 Å². The van der Waals surface area contributed by atoms with E-state index in [2.05, 4.69) is 13.8 Å². The molecule has 0 aliphatic carbocycles. The minimum atomic E-state index is -0.642. The van der Waals surface area contributed by atoms with Crippen LogP contribution in [0.3, 0.4) is 0 Å². The van der Waals surface area contributed by atoms with E-state index < -0.39 is 5.97 Å². The van der Waals surface area contributed by atoms with Gasteiger partial charge >= 0.3 is 5.97 Å². The number of thioether (sulfide) groups is 1. The van der Waals surface area contributed by atoms with Crippen molar-refractivity contribution in [2.45, 2.75) is 33.1 Å². The first-order valence-electron chi connectivity index (χ1n) is 4.86. The molecule has 76 valence electrons. The van der Waals surface area contributed by atoms with Crippen molar-refractivity contribution in [1.82, 2.24) is 0 Å². The Morgan fingerprint density at radius 1 is 1.62 bits per heavy atom. The molecular weight excluding hydrogens is 184 g/mol. The van der Waals surface area contributed by atoms with E-state index in [1.165, 1.54) is 12.2 Å². The molecule has 0 aromatic heterocycles. The molecule has 0 radical (unpaired) electrons. The Kier molecular flexibility index (Phi) is 3.65. The summed E-state index contributed by atoms with van der Waals surface area (Å²) >= 11 is 1.91. The molecule has 1 N–H and O–H groups in total. The van der Waals surface area contributed by atoms with Gasteiger partial charge in [0, 0.05) is 0 Å². The van der Waals surface area contributed by atoms with Gasteiger partial charge in [-0.1, -0.05) is 13.8 Å². The Bertz CT molecular complexity index is 183. The summed E-state index contributed by atoms with van der Waals surface area (Å²) < 4.78 is 0. The second kappa shape index (κ2) is 4.36. The largest absolute Gasteiger partial charge is 0.481 e. The Balaban J connectivity index is 2.67. The molecule has 0 amide bonds. The Morgan fingerprint density at radius 3 is 2.69 bits per heavy atom. The summed E-state index contributed by atoms with van der Waals surface area (Å²) in [4.78, 5) is 10.8. The normalized spacial score (nSPS) is 29.2. The van der Waals surface area contributed by atoms with E-state index in [1.807, 2.05) is 11.8 Å². The van der Waals surface area contributed by atoms with Gasteiger partial charge in [-0.05, 0) is 35.7 Å². The minimum absolute atomic E-state index is 0.0642. The standard InChI is InChI=1S/C10H18O2S/c1-8(2)10(6-9(11)12)4-3-5-13-7-10/h8H,3-7H2,1-2H3,(H,11,12). The predicted molar refractivity (Wildman–Crippen MR) is 56.1 cm³/mol. The van der Waals surface area contributed by atoms with Crippen molar-refractivity contribution in [3.8, 4) is 0 Å². The van der Waals surface area contributed by atoms with E-state index in [4.69, 9.17) is 5.11 Å². The maximum absolute atomic E-state index is 10.8. The summed E-state index contributed by atoms with van der Waals surface area (Å²) in [5.74, 6) is 2.07. The lowest BCUT2D eigenvalue weighted by atomic mass is 9.72. The first-order chi connectivity index (χ1) is 6.07. The smallest absolute Gasteiger partial charge is 0.303 e. The van der Waals surface area contributed by atoms with E-state index in [-0.39, 0.29) is 5.41 Å². The zero-order chi connectivity index (χ0) is 9.90. The third-order valence-electron chi connectivity index (χ3n) is 3.08. The molecular formula is C10H18O2S. The molecule has 1 heterocycles. The molecule has 1 fully saturated rings. The second-order valence-electron chi connectivity index (χ2n) is 4.24. The summed E-state index contributed by atoms with van der Waals surface area (Å²) in [6.07, 6.45) is 2.61. The van der Waals surface area contributed by atoms with Gasteiger partial charge in [0.1, 0.15) is 0 Å². The molecule has 0 aromatic rings. The zero-order valence-corrected chi connectivity index (χ0v) is 9.19. The van der Waals surface area contributed by atoms with Gasteiger partial charge in [-0.2, -0.15) is 11.8 Å². The average Bonchev–Trinajstić information content (AvgIpc) is 2.04. The van der Waals surface area contributed by atoms with Crippen molar-refractivity contribution < 1.29 is 9.90 Å². The summed E-state index contributed by atoms with van der Waals surface area (Å²) in [5.41, 5.74) is 0.0642. The number of rotatable bonds is 3. The van der Waals surface area contributed by atoms with E-state index >= 15 is 0 Å². The second-order valence-corrected chi connectivity index (χ2v) is 5.35. The van der Waals surface area contributed by atoms with Crippen molar-refractivity contribution in [2.75, 3.05) is 11.5 Å². The van der Waals surface area contributed by atoms with Gasteiger partial charge in [-0.15, -0.1) is 0 Å². The number of carboxylic acid groups (broad SMARTS) is 1. The maximum atomic E-state index is 10.8. The SMILES string of the molecule is CC(C)C1(CC(=O)O)CCCSC1. The van der Waals surface area contributed by atoms with Gasteiger partial charge in [-0.25, -0.2) is 0 Å². The van der Waals surface area contributed by atoms with Crippen LogP contribution in [0.4, 0.5) is 0 Å². The topological polar surface area (TPSA) is 37.3 Å². The van der Waals surface area contributed by atoms with Crippen LogP contribution in [-0.2, 0) is 4.79 Å². The summed E-state index contributed by atoms with van der Waals surface area (Å²) in [7, 11) is 0. The van der Waals surface area contributed by atoms with E-state index in [0.29, 0.717) is 12.3 Å². The molecule has 0 bridgehead atoms. The van der Waals surface area contributed by atoms with Gasteiger partial charge in [0.15, 0.2) is 0 Å². The highest BCUT2D eigenvalue weighted by molar-refractivity contribution is 7.99. The van der Waals surface area contributed by atoms with Crippen LogP contribution in [0.15, 0.2) is 0 Å². The van der Waals surface area contributed by atoms with Crippen LogP contribution >= 0.6 is 11.8 Å². The molecule has 1 aliphatic heterocycles. The Morgan fingerprint density at radius 2 is 2.31 bits per heavy atom. The number of carboxylic acids is 1. The zero-order valence-electron chi connectivity index (χ0n) is 8.38. The van der Waals surface area contributed by atoms with Crippen LogP contribution in [0.5, 0.6) is 0 Å². The molecule has 1 rings (SSSR count). The third kappa shape index (κ3) is 2.63. The van der Waals surface area contributed by atoms with Gasteiger partial charge in [0.05, 0.1) is 6.42 Å². The monoisotopic (exact) mass is 202 g/mol. The van der Waals surface area contributed by atoms with Crippen LogP contribution in [-0.4, -0.2) is 22.6 Å². The molecule has 3 heteroatoms.